The highest BCUT2D eigenvalue weighted by molar-refractivity contribution is 5.92. The molecule has 0 aliphatic heterocycles. The van der Waals surface area contributed by atoms with Crippen molar-refractivity contribution in [2.24, 2.45) is 5.73 Å². The van der Waals surface area contributed by atoms with Gasteiger partial charge in [0, 0.05) is 17.5 Å². The number of hydrogen-bond donors (Lipinski definition) is 2. The Morgan fingerprint density at radius 3 is 2.40 bits per heavy atom. The van der Waals surface area contributed by atoms with Gasteiger partial charge < -0.3 is 21.1 Å². The Labute approximate surface area is 175 Å². The molecule has 30 heavy (non-hydrogen) atoms. The van der Waals surface area contributed by atoms with Crippen molar-refractivity contribution in [2.45, 2.75) is 18.4 Å². The third kappa shape index (κ3) is 4.38. The molecular formula is C24H24FN3O2. The van der Waals surface area contributed by atoms with Crippen LogP contribution in [-0.2, 0) is 0 Å². The number of benzene rings is 3. The highest BCUT2D eigenvalue weighted by Gasteiger charge is 2.43. The number of halogens is 1. The van der Waals surface area contributed by atoms with Crippen LogP contribution in [0.5, 0.6) is 5.75 Å². The van der Waals surface area contributed by atoms with Crippen molar-refractivity contribution in [3.05, 3.63) is 89.7 Å². The predicted octanol–water partition coefficient (Wildman–Crippen LogP) is 3.95. The third-order valence-corrected chi connectivity index (χ3v) is 5.44. The van der Waals surface area contributed by atoms with Gasteiger partial charge in [0.05, 0.1) is 17.9 Å². The van der Waals surface area contributed by atoms with Crippen molar-refractivity contribution in [1.82, 2.24) is 0 Å². The van der Waals surface area contributed by atoms with Crippen LogP contribution in [0.4, 0.5) is 15.8 Å². The van der Waals surface area contributed by atoms with E-state index in [1.165, 1.54) is 12.1 Å². The molecule has 4 rings (SSSR count). The second-order valence-electron chi connectivity index (χ2n) is 7.45. The zero-order chi connectivity index (χ0) is 21.1. The predicted molar refractivity (Wildman–Crippen MR) is 116 cm³/mol. The molecule has 6 heteroatoms. The van der Waals surface area contributed by atoms with E-state index >= 15 is 0 Å². The summed E-state index contributed by atoms with van der Waals surface area (Å²) in [4.78, 5) is 13.5. The fourth-order valence-corrected chi connectivity index (χ4v) is 3.79. The summed E-state index contributed by atoms with van der Waals surface area (Å²) in [7, 11) is 0. The van der Waals surface area contributed by atoms with Crippen molar-refractivity contribution in [1.29, 1.82) is 0 Å². The van der Waals surface area contributed by atoms with E-state index in [1.54, 1.807) is 24.3 Å². The molecule has 0 heterocycles. The highest BCUT2D eigenvalue weighted by Crippen LogP contribution is 2.47. The molecule has 1 amide bonds. The van der Waals surface area contributed by atoms with Gasteiger partial charge >= 0.3 is 0 Å². The average Bonchev–Trinajstić information content (AvgIpc) is 3.53. The number of amides is 1. The number of anilines is 2. The molecule has 5 nitrogen and oxygen atoms in total. The van der Waals surface area contributed by atoms with E-state index in [0.29, 0.717) is 36.1 Å². The second-order valence-corrected chi connectivity index (χ2v) is 7.45. The van der Waals surface area contributed by atoms with Crippen LogP contribution in [0.15, 0.2) is 72.8 Å². The number of carbonyl (C=O) groups excluding carboxylic acids is 1. The molecular weight excluding hydrogens is 381 g/mol. The maximum Gasteiger partial charge on any atom is 0.248 e. The first-order chi connectivity index (χ1) is 14.5. The number of rotatable bonds is 8. The van der Waals surface area contributed by atoms with Gasteiger partial charge in [-0.25, -0.2) is 4.39 Å². The Balaban J connectivity index is 1.45. The van der Waals surface area contributed by atoms with Gasteiger partial charge in [-0.05, 0) is 60.5 Å². The smallest absolute Gasteiger partial charge is 0.248 e. The molecule has 154 valence electrons. The molecule has 3 aromatic rings. The molecule has 0 saturated heterocycles. The molecule has 1 aliphatic rings. The van der Waals surface area contributed by atoms with E-state index in [9.17, 15) is 9.18 Å². The van der Waals surface area contributed by atoms with Crippen LogP contribution in [0.2, 0.25) is 0 Å². The van der Waals surface area contributed by atoms with Gasteiger partial charge in [0.2, 0.25) is 5.91 Å². The molecule has 2 unspecified atom stereocenters. The van der Waals surface area contributed by atoms with Gasteiger partial charge in [0.1, 0.15) is 18.2 Å². The minimum Gasteiger partial charge on any atom is -0.492 e. The van der Waals surface area contributed by atoms with Crippen LogP contribution in [0, 0.1) is 5.82 Å². The maximum atomic E-state index is 13.3. The minimum atomic E-state index is -0.465. The van der Waals surface area contributed by atoms with Crippen LogP contribution < -0.4 is 21.1 Å². The second kappa shape index (κ2) is 8.45. The monoisotopic (exact) mass is 405 g/mol. The number of para-hydroxylation sites is 2. The van der Waals surface area contributed by atoms with E-state index in [0.717, 1.165) is 17.7 Å². The Morgan fingerprint density at radius 2 is 1.73 bits per heavy atom. The molecule has 1 fully saturated rings. The molecule has 4 N–H and O–H groups in total. The lowest BCUT2D eigenvalue weighted by atomic mass is 10.1. The third-order valence-electron chi connectivity index (χ3n) is 5.44. The van der Waals surface area contributed by atoms with Crippen molar-refractivity contribution in [2.75, 3.05) is 23.8 Å². The Hall–Kier alpha value is -3.54. The molecule has 3 aromatic carbocycles. The average molecular weight is 405 g/mol. The normalized spacial score (nSPS) is 17.4. The molecule has 0 spiro atoms. The van der Waals surface area contributed by atoms with Crippen molar-refractivity contribution in [3.63, 3.8) is 0 Å². The SMILES string of the molecule is NC(=O)c1ccc(OCCN(c2ccccc2N)C2CC2c2ccc(F)cc2)cc1. The summed E-state index contributed by atoms with van der Waals surface area (Å²) in [6.07, 6.45) is 0.979. The number of ether oxygens (including phenoxy) is 1. The van der Waals surface area contributed by atoms with Crippen LogP contribution in [0.25, 0.3) is 0 Å². The fourth-order valence-electron chi connectivity index (χ4n) is 3.79. The summed E-state index contributed by atoms with van der Waals surface area (Å²) in [6, 6.07) is 21.5. The van der Waals surface area contributed by atoms with Gasteiger partial charge in [-0.3, -0.25) is 4.79 Å². The number of primary amides is 1. The van der Waals surface area contributed by atoms with Crippen LogP contribution >= 0.6 is 0 Å². The quantitative estimate of drug-likeness (QED) is 0.556. The largest absolute Gasteiger partial charge is 0.492 e. The van der Waals surface area contributed by atoms with Gasteiger partial charge in [0.25, 0.3) is 0 Å². The summed E-state index contributed by atoms with van der Waals surface area (Å²) < 4.78 is 19.2. The lowest BCUT2D eigenvalue weighted by molar-refractivity contribution is 0.1000. The zero-order valence-electron chi connectivity index (χ0n) is 16.5. The minimum absolute atomic E-state index is 0.226. The Morgan fingerprint density at radius 1 is 1.03 bits per heavy atom. The van der Waals surface area contributed by atoms with E-state index < -0.39 is 5.91 Å². The molecule has 1 saturated carbocycles. The van der Waals surface area contributed by atoms with Crippen LogP contribution in [0.1, 0.15) is 28.3 Å². The molecule has 0 bridgehead atoms. The van der Waals surface area contributed by atoms with Gasteiger partial charge in [-0.15, -0.1) is 0 Å². The van der Waals surface area contributed by atoms with Crippen molar-refractivity contribution < 1.29 is 13.9 Å². The molecule has 0 radical (unpaired) electrons. The summed E-state index contributed by atoms with van der Waals surface area (Å²) in [5.41, 5.74) is 14.8. The van der Waals surface area contributed by atoms with Gasteiger partial charge in [0.15, 0.2) is 0 Å². The zero-order valence-corrected chi connectivity index (χ0v) is 16.5. The summed E-state index contributed by atoms with van der Waals surface area (Å²) in [6.45, 7) is 1.10. The Bertz CT molecular complexity index is 1020. The maximum absolute atomic E-state index is 13.3. The number of hydrogen-bond acceptors (Lipinski definition) is 4. The van der Waals surface area contributed by atoms with Crippen LogP contribution in [0.3, 0.4) is 0 Å². The van der Waals surface area contributed by atoms with Crippen molar-refractivity contribution >= 4 is 17.3 Å². The molecule has 2 atom stereocenters. The standard InChI is InChI=1S/C24H24FN3O2/c25-18-9-5-16(6-10-18)20-15-23(20)28(22-4-2-1-3-21(22)26)13-14-30-19-11-7-17(8-12-19)24(27)29/h1-12,20,23H,13-15,26H2,(H2,27,29). The molecule has 1 aliphatic carbocycles. The van der Waals surface area contributed by atoms with E-state index in [1.807, 2.05) is 36.4 Å². The Kier molecular flexibility index (Phi) is 5.57. The lowest BCUT2D eigenvalue weighted by Crippen LogP contribution is -2.32. The van der Waals surface area contributed by atoms with Crippen molar-refractivity contribution in [3.8, 4) is 5.75 Å². The first-order valence-electron chi connectivity index (χ1n) is 9.92. The van der Waals surface area contributed by atoms with E-state index in [2.05, 4.69) is 4.90 Å². The van der Waals surface area contributed by atoms with Gasteiger partial charge in [-0.2, -0.15) is 0 Å². The number of nitrogens with two attached hydrogens (primary N) is 2. The lowest BCUT2D eigenvalue weighted by Gasteiger charge is -2.27. The first-order valence-corrected chi connectivity index (χ1v) is 9.92. The summed E-state index contributed by atoms with van der Waals surface area (Å²) in [5, 5.41) is 0. The first kappa shape index (κ1) is 19.8. The topological polar surface area (TPSA) is 81.6 Å². The fraction of sp³-hybridized carbons (Fsp3) is 0.208. The number of nitrogen functional groups attached to an aromatic ring is 1. The number of nitrogens with zero attached hydrogens (tertiary/aromatic N) is 1. The number of carbonyl (C=O) groups is 1. The van der Waals surface area contributed by atoms with Crippen LogP contribution in [-0.4, -0.2) is 25.1 Å². The van der Waals surface area contributed by atoms with Gasteiger partial charge in [-0.1, -0.05) is 24.3 Å². The molecule has 0 aromatic heterocycles. The van der Waals surface area contributed by atoms with E-state index in [4.69, 9.17) is 16.2 Å². The summed E-state index contributed by atoms with van der Waals surface area (Å²) >= 11 is 0. The summed E-state index contributed by atoms with van der Waals surface area (Å²) in [5.74, 6) is 0.315. The highest BCUT2D eigenvalue weighted by atomic mass is 19.1. The van der Waals surface area contributed by atoms with E-state index in [-0.39, 0.29) is 11.9 Å².